The highest BCUT2D eigenvalue weighted by Crippen LogP contribution is 2.24. The fourth-order valence-corrected chi connectivity index (χ4v) is 4.28. The summed E-state index contributed by atoms with van der Waals surface area (Å²) in [7, 11) is 0. The number of aromatic nitrogens is 1. The molecule has 1 aromatic heterocycles. The van der Waals surface area contributed by atoms with Crippen LogP contribution in [-0.4, -0.2) is 71.9 Å². The Morgan fingerprint density at radius 3 is 2.68 bits per heavy atom. The summed E-state index contributed by atoms with van der Waals surface area (Å²) in [6.07, 6.45) is 5.92. The highest BCUT2D eigenvalue weighted by Gasteiger charge is 2.31. The van der Waals surface area contributed by atoms with Crippen LogP contribution in [0.25, 0.3) is 0 Å². The Morgan fingerprint density at radius 2 is 1.96 bits per heavy atom. The standard InChI is InChI=1S/C21H33N5O2/c1-2-22-20(27)16-25-12-8-19(9-13-25)26-11-5-6-17(15-26)21(28)24-14-18-7-3-4-10-23-18/h3-4,7,10,17,19H,2,5-6,8-9,11-16H2,1H3,(H,22,27)(H,24,28)/t17-/m1/s1. The molecule has 0 aliphatic carbocycles. The molecular weight excluding hydrogens is 354 g/mol. The molecule has 2 amide bonds. The van der Waals surface area contributed by atoms with Gasteiger partial charge in [0.2, 0.25) is 11.8 Å². The van der Waals surface area contributed by atoms with E-state index in [9.17, 15) is 9.59 Å². The predicted molar refractivity (Wildman–Crippen MR) is 109 cm³/mol. The third kappa shape index (κ3) is 6.01. The average Bonchev–Trinajstić information content (AvgIpc) is 2.73. The Hall–Kier alpha value is -1.99. The average molecular weight is 388 g/mol. The SMILES string of the molecule is CCNC(=O)CN1CCC(N2CCC[C@@H](C(=O)NCc3ccccn3)C2)CC1. The van der Waals surface area contributed by atoms with Gasteiger partial charge >= 0.3 is 0 Å². The lowest BCUT2D eigenvalue weighted by Gasteiger charge is -2.41. The molecule has 28 heavy (non-hydrogen) atoms. The first-order valence-corrected chi connectivity index (χ1v) is 10.6. The minimum absolute atomic E-state index is 0.0609. The molecule has 1 aromatic rings. The van der Waals surface area contributed by atoms with Crippen molar-refractivity contribution in [1.82, 2.24) is 25.4 Å². The number of carbonyl (C=O) groups excluding carboxylic acids is 2. The number of piperidine rings is 2. The molecule has 2 aliphatic heterocycles. The third-order valence-corrected chi connectivity index (χ3v) is 5.81. The number of amides is 2. The first-order valence-electron chi connectivity index (χ1n) is 10.6. The van der Waals surface area contributed by atoms with Crippen LogP contribution in [0.15, 0.2) is 24.4 Å². The lowest BCUT2D eigenvalue weighted by Crippen LogP contribution is -2.51. The highest BCUT2D eigenvalue weighted by molar-refractivity contribution is 5.79. The number of rotatable bonds is 7. The predicted octanol–water partition coefficient (Wildman–Crippen LogP) is 1.01. The fourth-order valence-electron chi connectivity index (χ4n) is 4.28. The normalized spacial score (nSPS) is 22.0. The summed E-state index contributed by atoms with van der Waals surface area (Å²) in [6, 6.07) is 6.28. The van der Waals surface area contributed by atoms with Crippen LogP contribution in [-0.2, 0) is 16.1 Å². The number of pyridine rings is 1. The van der Waals surface area contributed by atoms with Gasteiger partial charge in [0.25, 0.3) is 0 Å². The fraction of sp³-hybridized carbons (Fsp3) is 0.667. The molecule has 2 N–H and O–H groups in total. The molecule has 7 heteroatoms. The monoisotopic (exact) mass is 387 g/mol. The highest BCUT2D eigenvalue weighted by atomic mass is 16.2. The van der Waals surface area contributed by atoms with Gasteiger partial charge in [-0.05, 0) is 51.3 Å². The summed E-state index contributed by atoms with van der Waals surface area (Å²) >= 11 is 0. The molecule has 0 saturated carbocycles. The van der Waals surface area contributed by atoms with Gasteiger partial charge in [-0.2, -0.15) is 0 Å². The van der Waals surface area contributed by atoms with E-state index in [1.54, 1.807) is 6.20 Å². The van der Waals surface area contributed by atoms with Crippen molar-refractivity contribution < 1.29 is 9.59 Å². The number of nitrogens with one attached hydrogen (secondary N) is 2. The topological polar surface area (TPSA) is 77.6 Å². The van der Waals surface area contributed by atoms with E-state index in [2.05, 4.69) is 25.4 Å². The molecule has 2 fully saturated rings. The minimum Gasteiger partial charge on any atom is -0.355 e. The van der Waals surface area contributed by atoms with Gasteiger partial charge in [0.1, 0.15) is 0 Å². The zero-order valence-corrected chi connectivity index (χ0v) is 16.9. The van der Waals surface area contributed by atoms with E-state index in [0.717, 1.165) is 57.6 Å². The second-order valence-corrected chi connectivity index (χ2v) is 7.83. The maximum absolute atomic E-state index is 12.6. The largest absolute Gasteiger partial charge is 0.355 e. The lowest BCUT2D eigenvalue weighted by molar-refractivity contribution is -0.127. The molecule has 0 unspecified atom stereocenters. The molecule has 7 nitrogen and oxygen atoms in total. The second kappa shape index (κ2) is 10.5. The maximum atomic E-state index is 12.6. The number of hydrogen-bond acceptors (Lipinski definition) is 5. The van der Waals surface area contributed by atoms with Crippen molar-refractivity contribution in [3.05, 3.63) is 30.1 Å². The van der Waals surface area contributed by atoms with Crippen molar-refractivity contribution in [1.29, 1.82) is 0 Å². The van der Waals surface area contributed by atoms with Crippen LogP contribution >= 0.6 is 0 Å². The first-order chi connectivity index (χ1) is 13.7. The lowest BCUT2D eigenvalue weighted by atomic mass is 9.93. The number of nitrogens with zero attached hydrogens (tertiary/aromatic N) is 3. The molecule has 0 spiro atoms. The number of likely N-dealkylation sites (tertiary alicyclic amines) is 2. The van der Waals surface area contributed by atoms with Gasteiger partial charge in [-0.15, -0.1) is 0 Å². The first kappa shape index (κ1) is 20.7. The van der Waals surface area contributed by atoms with Crippen molar-refractivity contribution in [3.8, 4) is 0 Å². The summed E-state index contributed by atoms with van der Waals surface area (Å²) < 4.78 is 0. The van der Waals surface area contributed by atoms with Crippen molar-refractivity contribution in [2.75, 3.05) is 39.3 Å². The van der Waals surface area contributed by atoms with E-state index in [1.165, 1.54) is 0 Å². The van der Waals surface area contributed by atoms with Crippen molar-refractivity contribution in [2.45, 2.75) is 45.2 Å². The molecule has 3 heterocycles. The van der Waals surface area contributed by atoms with Gasteiger partial charge in [0.05, 0.1) is 24.7 Å². The zero-order valence-electron chi connectivity index (χ0n) is 16.9. The Labute approximate surface area is 167 Å². The van der Waals surface area contributed by atoms with Gasteiger partial charge < -0.3 is 10.6 Å². The van der Waals surface area contributed by atoms with Crippen LogP contribution in [0.3, 0.4) is 0 Å². The van der Waals surface area contributed by atoms with Gasteiger partial charge in [0.15, 0.2) is 0 Å². The van der Waals surface area contributed by atoms with E-state index >= 15 is 0 Å². The molecule has 154 valence electrons. The molecule has 2 aliphatic rings. The van der Waals surface area contributed by atoms with E-state index in [0.29, 0.717) is 25.7 Å². The summed E-state index contributed by atoms with van der Waals surface area (Å²) in [4.78, 5) is 33.4. The van der Waals surface area contributed by atoms with Gasteiger partial charge in [-0.3, -0.25) is 24.4 Å². The Bertz CT molecular complexity index is 631. The molecule has 2 saturated heterocycles. The maximum Gasteiger partial charge on any atom is 0.234 e. The Kier molecular flexibility index (Phi) is 7.80. The quantitative estimate of drug-likeness (QED) is 0.730. The van der Waals surface area contributed by atoms with Crippen LogP contribution in [0.2, 0.25) is 0 Å². The van der Waals surface area contributed by atoms with Gasteiger partial charge in [-0.25, -0.2) is 0 Å². The molecule has 0 radical (unpaired) electrons. The molecule has 0 aromatic carbocycles. The smallest absolute Gasteiger partial charge is 0.234 e. The Morgan fingerprint density at radius 1 is 1.14 bits per heavy atom. The molecule has 3 rings (SSSR count). The van der Waals surface area contributed by atoms with Crippen LogP contribution < -0.4 is 10.6 Å². The van der Waals surface area contributed by atoms with Crippen molar-refractivity contribution >= 4 is 11.8 Å². The van der Waals surface area contributed by atoms with Crippen LogP contribution in [0.5, 0.6) is 0 Å². The van der Waals surface area contributed by atoms with Crippen molar-refractivity contribution in [2.24, 2.45) is 5.92 Å². The van der Waals surface area contributed by atoms with Crippen LogP contribution in [0.4, 0.5) is 0 Å². The number of carbonyl (C=O) groups is 2. The minimum atomic E-state index is 0.0609. The van der Waals surface area contributed by atoms with Crippen LogP contribution in [0.1, 0.15) is 38.3 Å². The molecule has 0 bridgehead atoms. The Balaban J connectivity index is 1.42. The molecule has 1 atom stereocenters. The number of likely N-dealkylation sites (N-methyl/N-ethyl adjacent to an activating group) is 1. The third-order valence-electron chi connectivity index (χ3n) is 5.81. The summed E-state index contributed by atoms with van der Waals surface area (Å²) in [5.41, 5.74) is 0.892. The van der Waals surface area contributed by atoms with E-state index < -0.39 is 0 Å². The summed E-state index contributed by atoms with van der Waals surface area (Å²) in [5, 5.41) is 5.92. The van der Waals surface area contributed by atoms with Gasteiger partial charge in [0, 0.05) is 38.4 Å². The summed E-state index contributed by atoms with van der Waals surface area (Å²) in [5.74, 6) is 0.318. The van der Waals surface area contributed by atoms with E-state index in [1.807, 2.05) is 25.1 Å². The second-order valence-electron chi connectivity index (χ2n) is 7.83. The van der Waals surface area contributed by atoms with Gasteiger partial charge in [-0.1, -0.05) is 6.07 Å². The van der Waals surface area contributed by atoms with Crippen LogP contribution in [0, 0.1) is 5.92 Å². The van der Waals surface area contributed by atoms with Crippen molar-refractivity contribution in [3.63, 3.8) is 0 Å². The summed E-state index contributed by atoms with van der Waals surface area (Å²) in [6.45, 7) is 7.45. The van der Waals surface area contributed by atoms with E-state index in [4.69, 9.17) is 0 Å². The zero-order chi connectivity index (χ0) is 19.8. The van der Waals surface area contributed by atoms with E-state index in [-0.39, 0.29) is 17.7 Å². The number of hydrogen-bond donors (Lipinski definition) is 2. The molecular formula is C21H33N5O2.